The highest BCUT2D eigenvalue weighted by atomic mass is 16.3. The van der Waals surface area contributed by atoms with E-state index in [1.165, 1.54) is 12.3 Å². The lowest BCUT2D eigenvalue weighted by Crippen LogP contribution is -2.09. The molecular weight excluding hydrogens is 168 g/mol. The van der Waals surface area contributed by atoms with Crippen LogP contribution in [0.3, 0.4) is 0 Å². The van der Waals surface area contributed by atoms with Gasteiger partial charge in [-0.3, -0.25) is 0 Å². The number of hydrogen-bond donors (Lipinski definition) is 3. The number of rotatable bonds is 3. The van der Waals surface area contributed by atoms with Crippen LogP contribution in [0.1, 0.15) is 5.56 Å². The molecule has 0 aliphatic rings. The van der Waals surface area contributed by atoms with E-state index in [4.69, 9.17) is 16.1 Å². The fourth-order valence-corrected chi connectivity index (χ4v) is 0.865. The first kappa shape index (κ1) is 9.29. The van der Waals surface area contributed by atoms with Gasteiger partial charge < -0.3 is 16.2 Å². The molecule has 68 valence electrons. The summed E-state index contributed by atoms with van der Waals surface area (Å²) in [7, 11) is 0. The number of nitriles is 1. The number of pyridine rings is 1. The van der Waals surface area contributed by atoms with Crippen LogP contribution in [0.2, 0.25) is 0 Å². The summed E-state index contributed by atoms with van der Waals surface area (Å²) in [4.78, 5) is 3.92. The summed E-state index contributed by atoms with van der Waals surface area (Å²) < 4.78 is 0. The molecule has 0 amide bonds. The quantitative estimate of drug-likeness (QED) is 0.602. The van der Waals surface area contributed by atoms with Crippen LogP contribution in [0.15, 0.2) is 12.3 Å². The van der Waals surface area contributed by atoms with Crippen molar-refractivity contribution in [2.45, 2.75) is 0 Å². The molecule has 5 heteroatoms. The van der Waals surface area contributed by atoms with Crippen molar-refractivity contribution in [3.05, 3.63) is 17.8 Å². The van der Waals surface area contributed by atoms with Crippen molar-refractivity contribution in [3.63, 3.8) is 0 Å². The van der Waals surface area contributed by atoms with Gasteiger partial charge in [-0.1, -0.05) is 0 Å². The number of anilines is 2. The van der Waals surface area contributed by atoms with Gasteiger partial charge in [-0.2, -0.15) is 5.26 Å². The Labute approximate surface area is 75.8 Å². The zero-order chi connectivity index (χ0) is 9.68. The Balaban J connectivity index is 2.81. The number of nitrogens with zero attached hydrogens (tertiary/aromatic N) is 2. The molecule has 0 aromatic carbocycles. The van der Waals surface area contributed by atoms with E-state index in [9.17, 15) is 0 Å². The number of aliphatic hydroxyl groups excluding tert-OH is 1. The van der Waals surface area contributed by atoms with Crippen molar-refractivity contribution >= 4 is 11.5 Å². The topological polar surface area (TPSA) is 95.0 Å². The number of aromatic nitrogens is 1. The van der Waals surface area contributed by atoms with E-state index in [0.717, 1.165) is 0 Å². The Morgan fingerprint density at radius 3 is 3.00 bits per heavy atom. The summed E-state index contributed by atoms with van der Waals surface area (Å²) in [6.45, 7) is 0.407. The average Bonchev–Trinajstić information content (AvgIpc) is 2.16. The molecule has 0 radical (unpaired) electrons. The van der Waals surface area contributed by atoms with Gasteiger partial charge in [-0.05, 0) is 6.07 Å². The number of hydrogen-bond acceptors (Lipinski definition) is 5. The molecule has 0 aliphatic carbocycles. The average molecular weight is 178 g/mol. The van der Waals surface area contributed by atoms with Gasteiger partial charge in [-0.15, -0.1) is 0 Å². The number of nitrogen functional groups attached to an aromatic ring is 1. The Morgan fingerprint density at radius 2 is 2.46 bits per heavy atom. The van der Waals surface area contributed by atoms with Gasteiger partial charge in [0, 0.05) is 12.7 Å². The second-order valence-corrected chi connectivity index (χ2v) is 2.42. The van der Waals surface area contributed by atoms with Crippen LogP contribution in [0, 0.1) is 11.3 Å². The van der Waals surface area contributed by atoms with Crippen LogP contribution in [0.5, 0.6) is 0 Å². The molecule has 1 aromatic heterocycles. The Bertz CT molecular complexity index is 331. The maximum atomic E-state index is 8.54. The van der Waals surface area contributed by atoms with Gasteiger partial charge in [-0.25, -0.2) is 4.98 Å². The molecule has 0 atom stereocenters. The van der Waals surface area contributed by atoms with E-state index in [-0.39, 0.29) is 6.61 Å². The smallest absolute Gasteiger partial charge is 0.149 e. The summed E-state index contributed by atoms with van der Waals surface area (Å²) in [5.41, 5.74) is 6.41. The van der Waals surface area contributed by atoms with Crippen LogP contribution >= 0.6 is 0 Å². The Kier molecular flexibility index (Phi) is 3.06. The summed E-state index contributed by atoms with van der Waals surface area (Å²) >= 11 is 0. The molecule has 1 aromatic rings. The predicted molar refractivity (Wildman–Crippen MR) is 48.9 cm³/mol. The molecule has 0 unspecified atom stereocenters. The summed E-state index contributed by atoms with van der Waals surface area (Å²) in [5, 5.41) is 19.9. The molecule has 0 saturated heterocycles. The SMILES string of the molecule is N#Cc1cnc(NCCO)c(N)c1. The summed E-state index contributed by atoms with van der Waals surface area (Å²) in [6.07, 6.45) is 1.43. The highest BCUT2D eigenvalue weighted by Crippen LogP contribution is 2.14. The summed E-state index contributed by atoms with van der Waals surface area (Å²) in [5.74, 6) is 0.494. The van der Waals surface area contributed by atoms with Gasteiger partial charge in [0.1, 0.15) is 11.9 Å². The van der Waals surface area contributed by atoms with Gasteiger partial charge in [0.05, 0.1) is 17.9 Å². The zero-order valence-corrected chi connectivity index (χ0v) is 6.99. The molecule has 4 N–H and O–H groups in total. The minimum atomic E-state index is 0.0150. The van der Waals surface area contributed by atoms with Gasteiger partial charge in [0.15, 0.2) is 0 Å². The number of aliphatic hydroxyl groups is 1. The van der Waals surface area contributed by atoms with Crippen molar-refractivity contribution in [1.29, 1.82) is 5.26 Å². The fraction of sp³-hybridized carbons (Fsp3) is 0.250. The molecule has 0 fully saturated rings. The van der Waals surface area contributed by atoms with Crippen LogP contribution in [-0.2, 0) is 0 Å². The van der Waals surface area contributed by atoms with Gasteiger partial charge in [0.2, 0.25) is 0 Å². The van der Waals surface area contributed by atoms with Gasteiger partial charge >= 0.3 is 0 Å². The maximum Gasteiger partial charge on any atom is 0.149 e. The highest BCUT2D eigenvalue weighted by Gasteiger charge is 2.00. The van der Waals surface area contributed by atoms with Crippen molar-refractivity contribution in [1.82, 2.24) is 4.98 Å². The second-order valence-electron chi connectivity index (χ2n) is 2.42. The van der Waals surface area contributed by atoms with E-state index in [1.54, 1.807) is 0 Å². The van der Waals surface area contributed by atoms with Crippen LogP contribution in [-0.4, -0.2) is 23.2 Å². The van der Waals surface area contributed by atoms with E-state index in [2.05, 4.69) is 10.3 Å². The Morgan fingerprint density at radius 1 is 1.69 bits per heavy atom. The lowest BCUT2D eigenvalue weighted by atomic mass is 10.3. The third-order valence-corrected chi connectivity index (χ3v) is 1.45. The first-order chi connectivity index (χ1) is 6.27. The van der Waals surface area contributed by atoms with E-state index in [0.29, 0.717) is 23.6 Å². The molecule has 5 nitrogen and oxygen atoms in total. The highest BCUT2D eigenvalue weighted by molar-refractivity contribution is 5.62. The summed E-state index contributed by atoms with van der Waals surface area (Å²) in [6, 6.07) is 3.47. The van der Waals surface area contributed by atoms with Crippen molar-refractivity contribution in [3.8, 4) is 6.07 Å². The number of nitrogens with one attached hydrogen (secondary N) is 1. The first-order valence-corrected chi connectivity index (χ1v) is 3.78. The minimum Gasteiger partial charge on any atom is -0.396 e. The van der Waals surface area contributed by atoms with Crippen LogP contribution in [0.4, 0.5) is 11.5 Å². The monoisotopic (exact) mass is 178 g/mol. The molecule has 0 aliphatic heterocycles. The first-order valence-electron chi connectivity index (χ1n) is 3.78. The lowest BCUT2D eigenvalue weighted by molar-refractivity contribution is 0.311. The molecule has 0 saturated carbocycles. The standard InChI is InChI=1S/C8H10N4O/c9-4-6-3-7(10)8(12-5-6)11-1-2-13/h3,5,13H,1-2,10H2,(H,11,12). The molecular formula is C8H10N4O. The fourth-order valence-electron chi connectivity index (χ4n) is 0.865. The normalized spacial score (nSPS) is 9.23. The number of nitrogens with two attached hydrogens (primary N) is 1. The van der Waals surface area contributed by atoms with Crippen LogP contribution < -0.4 is 11.1 Å². The molecule has 0 spiro atoms. The third kappa shape index (κ3) is 2.32. The van der Waals surface area contributed by atoms with Gasteiger partial charge in [0.25, 0.3) is 0 Å². The van der Waals surface area contributed by atoms with E-state index in [1.807, 2.05) is 6.07 Å². The van der Waals surface area contributed by atoms with Crippen molar-refractivity contribution in [2.24, 2.45) is 0 Å². The van der Waals surface area contributed by atoms with Crippen molar-refractivity contribution in [2.75, 3.05) is 24.2 Å². The Hall–Kier alpha value is -1.80. The van der Waals surface area contributed by atoms with Crippen molar-refractivity contribution < 1.29 is 5.11 Å². The minimum absolute atomic E-state index is 0.0150. The largest absolute Gasteiger partial charge is 0.396 e. The van der Waals surface area contributed by atoms with Crippen LogP contribution in [0.25, 0.3) is 0 Å². The second kappa shape index (κ2) is 4.28. The zero-order valence-electron chi connectivity index (χ0n) is 6.99. The van der Waals surface area contributed by atoms with E-state index < -0.39 is 0 Å². The van der Waals surface area contributed by atoms with E-state index >= 15 is 0 Å². The maximum absolute atomic E-state index is 8.54. The molecule has 1 rings (SSSR count). The molecule has 0 bridgehead atoms. The molecule has 13 heavy (non-hydrogen) atoms. The molecule has 1 heterocycles. The third-order valence-electron chi connectivity index (χ3n) is 1.45. The lowest BCUT2D eigenvalue weighted by Gasteiger charge is -2.05. The predicted octanol–water partition coefficient (Wildman–Crippen LogP) is -0.0603.